The molecule has 8 nitrogen and oxygen atoms in total. The Labute approximate surface area is 185 Å². The summed E-state index contributed by atoms with van der Waals surface area (Å²) in [6.07, 6.45) is -3.50. The first-order valence-corrected chi connectivity index (χ1v) is 10.00. The summed E-state index contributed by atoms with van der Waals surface area (Å²) in [5.41, 5.74) is 4.98. The summed E-state index contributed by atoms with van der Waals surface area (Å²) < 4.78 is 56.7. The maximum absolute atomic E-state index is 14.1. The number of hydrogen-bond acceptors (Lipinski definition) is 5. The Morgan fingerprint density at radius 1 is 1.15 bits per heavy atom. The number of ether oxygens (including phenoxy) is 1. The zero-order valence-corrected chi connectivity index (χ0v) is 17.2. The van der Waals surface area contributed by atoms with Crippen molar-refractivity contribution in [1.82, 2.24) is 4.98 Å². The molecule has 12 heteroatoms. The maximum Gasteiger partial charge on any atom is 0.473 e. The predicted molar refractivity (Wildman–Crippen MR) is 110 cm³/mol. The molecule has 1 aromatic heterocycles. The minimum Gasteiger partial charge on any atom is -0.440 e. The highest BCUT2D eigenvalue weighted by molar-refractivity contribution is 6.05. The number of amidine groups is 1. The lowest BCUT2D eigenvalue weighted by atomic mass is 9.91. The van der Waals surface area contributed by atoms with Crippen molar-refractivity contribution >= 4 is 29.3 Å². The molecule has 174 valence electrons. The first kappa shape index (κ1) is 22.5. The molecule has 0 atom stereocenters. The van der Waals surface area contributed by atoms with Crippen molar-refractivity contribution in [2.75, 3.05) is 29.4 Å². The molecule has 0 saturated carbocycles. The molecule has 0 unspecified atom stereocenters. The van der Waals surface area contributed by atoms with Gasteiger partial charge in [0.1, 0.15) is 23.1 Å². The number of benzene rings is 1. The number of para-hydroxylation sites is 1. The van der Waals surface area contributed by atoms with Crippen LogP contribution in [0.1, 0.15) is 18.4 Å². The third-order valence-electron chi connectivity index (χ3n) is 5.62. The highest BCUT2D eigenvalue weighted by Gasteiger charge is 2.48. The molecule has 1 aromatic carbocycles. The second kappa shape index (κ2) is 8.34. The van der Waals surface area contributed by atoms with E-state index in [4.69, 9.17) is 10.5 Å². The Balaban J connectivity index is 1.40. The number of alkyl halides is 3. The summed E-state index contributed by atoms with van der Waals surface area (Å²) in [5, 5.41) is 0. The van der Waals surface area contributed by atoms with Crippen LogP contribution in [-0.2, 0) is 9.53 Å². The molecule has 0 aliphatic carbocycles. The lowest BCUT2D eigenvalue weighted by molar-refractivity contribution is -0.169. The summed E-state index contributed by atoms with van der Waals surface area (Å²) in [4.78, 5) is 33.6. The maximum atomic E-state index is 14.1. The normalized spacial score (nSPS) is 18.5. The van der Waals surface area contributed by atoms with E-state index in [0.717, 1.165) is 0 Å². The molecule has 0 radical (unpaired) electrons. The molecule has 33 heavy (non-hydrogen) atoms. The molecule has 0 bridgehead atoms. The van der Waals surface area contributed by atoms with E-state index in [1.54, 1.807) is 18.2 Å². The fourth-order valence-corrected chi connectivity index (χ4v) is 3.84. The molecular formula is C21H19F4N5O3. The SMILES string of the molecule is NC(=NC(=O)C(F)(F)F)c1ccc(N2CCC3(CC2)CN(c2ccccc2F)C(=O)O3)nc1. The average Bonchev–Trinajstić information content (AvgIpc) is 3.09. The Hall–Kier alpha value is -3.70. The van der Waals surface area contributed by atoms with Gasteiger partial charge in [0.25, 0.3) is 0 Å². The Morgan fingerprint density at radius 2 is 1.85 bits per heavy atom. The zero-order chi connectivity index (χ0) is 23.8. The van der Waals surface area contributed by atoms with Crippen molar-refractivity contribution in [2.24, 2.45) is 10.7 Å². The molecule has 2 N–H and O–H groups in total. The van der Waals surface area contributed by atoms with Gasteiger partial charge in [0.05, 0.1) is 12.2 Å². The molecule has 2 amide bonds. The molecule has 4 rings (SSSR count). The third kappa shape index (κ3) is 4.59. The number of nitrogens with two attached hydrogens (primary N) is 1. The van der Waals surface area contributed by atoms with Crippen molar-refractivity contribution < 1.29 is 31.9 Å². The van der Waals surface area contributed by atoms with Gasteiger partial charge in [-0.3, -0.25) is 9.69 Å². The molecule has 3 heterocycles. The highest BCUT2D eigenvalue weighted by Crippen LogP contribution is 2.37. The molecular weight excluding hydrogens is 446 g/mol. The average molecular weight is 465 g/mol. The second-order valence-electron chi connectivity index (χ2n) is 7.78. The van der Waals surface area contributed by atoms with Crippen LogP contribution >= 0.6 is 0 Å². The number of halogens is 4. The van der Waals surface area contributed by atoms with Gasteiger partial charge in [-0.1, -0.05) is 12.1 Å². The fraction of sp³-hybridized carbons (Fsp3) is 0.333. The summed E-state index contributed by atoms with van der Waals surface area (Å²) >= 11 is 0. The minimum atomic E-state index is -5.10. The molecule has 2 fully saturated rings. The number of carbonyl (C=O) groups is 2. The third-order valence-corrected chi connectivity index (χ3v) is 5.62. The first-order valence-electron chi connectivity index (χ1n) is 10.00. The Bertz CT molecular complexity index is 1100. The quantitative estimate of drug-likeness (QED) is 0.425. The van der Waals surface area contributed by atoms with E-state index >= 15 is 0 Å². The van der Waals surface area contributed by atoms with E-state index in [1.807, 2.05) is 4.90 Å². The molecule has 2 aliphatic rings. The summed E-state index contributed by atoms with van der Waals surface area (Å²) in [7, 11) is 0. The van der Waals surface area contributed by atoms with E-state index in [-0.39, 0.29) is 17.8 Å². The smallest absolute Gasteiger partial charge is 0.440 e. The van der Waals surface area contributed by atoms with E-state index < -0.39 is 35.4 Å². The lowest BCUT2D eigenvalue weighted by Crippen LogP contribution is -2.47. The predicted octanol–water partition coefficient (Wildman–Crippen LogP) is 3.01. The van der Waals surface area contributed by atoms with Crippen LogP contribution in [0.25, 0.3) is 0 Å². The van der Waals surface area contributed by atoms with Crippen molar-refractivity contribution in [3.63, 3.8) is 0 Å². The van der Waals surface area contributed by atoms with E-state index in [9.17, 15) is 27.2 Å². The molecule has 1 spiro atoms. The standard InChI is InChI=1S/C21H19F4N5O3/c22-14-3-1-2-4-15(14)30-12-20(33-19(30)32)7-9-29(10-8-20)16-6-5-13(11-27-16)17(26)28-18(31)21(23,24)25/h1-6,11H,7-10,12H2,(H2,26,28,31). The number of carbonyl (C=O) groups excluding carboxylic acids is 2. The van der Waals surface area contributed by atoms with Crippen LogP contribution in [0.15, 0.2) is 47.6 Å². The van der Waals surface area contributed by atoms with Crippen LogP contribution in [0.5, 0.6) is 0 Å². The number of pyridine rings is 1. The van der Waals surface area contributed by atoms with Gasteiger partial charge in [-0.05, 0) is 24.3 Å². The molecule has 2 aromatic rings. The zero-order valence-electron chi connectivity index (χ0n) is 17.2. The topological polar surface area (TPSA) is 101 Å². The van der Waals surface area contributed by atoms with Crippen molar-refractivity contribution in [2.45, 2.75) is 24.6 Å². The van der Waals surface area contributed by atoms with Crippen LogP contribution in [0.3, 0.4) is 0 Å². The van der Waals surface area contributed by atoms with Gasteiger partial charge in [0, 0.05) is 37.7 Å². The molecule has 2 aliphatic heterocycles. The number of hydrogen-bond donors (Lipinski definition) is 1. The molecule has 2 saturated heterocycles. The summed E-state index contributed by atoms with van der Waals surface area (Å²) in [5.74, 6) is -2.84. The Kier molecular flexibility index (Phi) is 5.68. The van der Waals surface area contributed by atoms with Gasteiger partial charge in [-0.2, -0.15) is 18.2 Å². The van der Waals surface area contributed by atoms with Crippen LogP contribution in [0.2, 0.25) is 0 Å². The fourth-order valence-electron chi connectivity index (χ4n) is 3.84. The van der Waals surface area contributed by atoms with Crippen molar-refractivity contribution in [1.29, 1.82) is 0 Å². The van der Waals surface area contributed by atoms with Gasteiger partial charge >= 0.3 is 18.2 Å². The lowest BCUT2D eigenvalue weighted by Gasteiger charge is -2.38. The monoisotopic (exact) mass is 465 g/mol. The number of nitrogens with zero attached hydrogens (tertiary/aromatic N) is 4. The van der Waals surface area contributed by atoms with Crippen molar-refractivity contribution in [3.05, 3.63) is 54.0 Å². The van der Waals surface area contributed by atoms with Crippen LogP contribution in [-0.4, -0.2) is 54.2 Å². The number of rotatable bonds is 3. The van der Waals surface area contributed by atoms with E-state index in [1.165, 1.54) is 29.3 Å². The second-order valence-corrected chi connectivity index (χ2v) is 7.78. The Morgan fingerprint density at radius 3 is 2.45 bits per heavy atom. The van der Waals surface area contributed by atoms with Gasteiger partial charge in [-0.25, -0.2) is 14.2 Å². The van der Waals surface area contributed by atoms with Gasteiger partial charge in [0.2, 0.25) is 0 Å². The highest BCUT2D eigenvalue weighted by atomic mass is 19.4. The number of aromatic nitrogens is 1. The van der Waals surface area contributed by atoms with Crippen LogP contribution < -0.4 is 15.5 Å². The van der Waals surface area contributed by atoms with E-state index in [0.29, 0.717) is 31.7 Å². The largest absolute Gasteiger partial charge is 0.473 e. The number of amides is 2. The van der Waals surface area contributed by atoms with Gasteiger partial charge in [-0.15, -0.1) is 0 Å². The number of piperidine rings is 1. The number of anilines is 2. The van der Waals surface area contributed by atoms with Crippen molar-refractivity contribution in [3.8, 4) is 0 Å². The van der Waals surface area contributed by atoms with E-state index in [2.05, 4.69) is 9.98 Å². The summed E-state index contributed by atoms with van der Waals surface area (Å²) in [6.45, 7) is 1.20. The van der Waals surface area contributed by atoms with Gasteiger partial charge < -0.3 is 15.4 Å². The van der Waals surface area contributed by atoms with Crippen LogP contribution in [0, 0.1) is 5.82 Å². The summed E-state index contributed by atoms with van der Waals surface area (Å²) in [6, 6.07) is 8.96. The first-order chi connectivity index (χ1) is 15.6. The minimum absolute atomic E-state index is 0.0788. The van der Waals surface area contributed by atoms with Crippen LogP contribution in [0.4, 0.5) is 33.9 Å². The van der Waals surface area contributed by atoms with Gasteiger partial charge in [0.15, 0.2) is 0 Å². The number of aliphatic imine (C=N–C) groups is 1.